The molecule has 0 unspecified atom stereocenters. The van der Waals surface area contributed by atoms with Gasteiger partial charge in [0.15, 0.2) is 34.6 Å². The topological polar surface area (TPSA) is 195 Å². The highest BCUT2D eigenvalue weighted by Crippen LogP contribution is 2.45. The van der Waals surface area contributed by atoms with E-state index in [1.165, 1.54) is 7.05 Å². The number of methoxy groups -OCH3 is 3. The number of aromatic nitrogens is 2. The number of nitrogens with one attached hydrogen (secondary N) is 3. The molecule has 6 aromatic rings. The Morgan fingerprint density at radius 2 is 0.859 bits per heavy atom. The van der Waals surface area contributed by atoms with E-state index in [9.17, 15) is 80.6 Å². The fourth-order valence-corrected chi connectivity index (χ4v) is 5.99. The molecule has 0 aliphatic carbocycles. The van der Waals surface area contributed by atoms with Gasteiger partial charge < -0.3 is 49.1 Å². The molecule has 4 aromatic carbocycles. The van der Waals surface area contributed by atoms with Gasteiger partial charge in [0.1, 0.15) is 34.0 Å². The number of halogens is 16. The number of amides is 3. The molecule has 0 aliphatic rings. The zero-order valence-electron chi connectivity index (χ0n) is 44.0. The van der Waals surface area contributed by atoms with Gasteiger partial charge in [0.25, 0.3) is 17.7 Å². The number of benzene rings is 4. The van der Waals surface area contributed by atoms with Crippen molar-refractivity contribution < 1.29 is 131 Å². The summed E-state index contributed by atoms with van der Waals surface area (Å²) in [6.07, 6.45) is -19.8. The smallest absolute Gasteiger partial charge is 0.490 e. The maximum Gasteiger partial charge on any atom is 0.573 e. The first-order chi connectivity index (χ1) is 38.6. The molecule has 2 heterocycles. The SMILES string of the molecule is [2H]C([2H])([2H])Oc1c(Oc2ccc(C(F)(F)F)c(F)c2C(=O)Nc2ccc(C(=O)NC)nc2)ccc(OC(F)(F)F)c1F.[2H]C([2H])([2H])Oc1c(Oc2ccc(C(F)(F)F)c(F)c2C(=O)Nc2ccc(C(=O)OC)nc2)ccc(OC(F)(F)F)c1F. The summed E-state index contributed by atoms with van der Waals surface area (Å²) < 4.78 is 290. The van der Waals surface area contributed by atoms with Crippen LogP contribution in [0.25, 0.3) is 0 Å². The molecule has 0 saturated carbocycles. The van der Waals surface area contributed by atoms with Gasteiger partial charge >= 0.3 is 31.0 Å². The summed E-state index contributed by atoms with van der Waals surface area (Å²) in [5, 5.41) is 6.30. The number of pyridine rings is 2. The minimum Gasteiger partial charge on any atom is -0.490 e. The molecule has 3 N–H and O–H groups in total. The van der Waals surface area contributed by atoms with E-state index in [1.807, 2.05) is 10.6 Å². The minimum atomic E-state index is -5.44. The lowest BCUT2D eigenvalue weighted by Gasteiger charge is -2.18. The van der Waals surface area contributed by atoms with Crippen LogP contribution in [0.15, 0.2) is 85.2 Å². The Kier molecular flexibility index (Phi) is 15.5. The molecule has 6 rings (SSSR count). The second kappa shape index (κ2) is 23.7. The summed E-state index contributed by atoms with van der Waals surface area (Å²) >= 11 is 0. The standard InChI is InChI=1S/C23H15F8N3O5.C23H14F8N2O6/c1-32-20(35)12-5-3-10(9-33-12)34-21(36)16-13(6-4-11(17(16)24)22(26,27)28)38-15-8-7-14(39-23(29,30)31)18(25)19(15)37-2;1-36-19-15(8-7-14(18(19)25)39-23(29,30)31)38-13-6-4-11(22(26,27)28)17(24)16(13)20(34)33-10-3-5-12(32-9-10)21(35)37-2/h3-9H,1-2H3,(H,32,35)(H,34,36);3-9H,1-2H3,(H,33,34)/i2D3;1D3. The quantitative estimate of drug-likeness (QED) is 0.0689. The van der Waals surface area contributed by atoms with Crippen molar-refractivity contribution in [1.82, 2.24) is 15.3 Å². The number of carbonyl (C=O) groups is 4. The Morgan fingerprint density at radius 3 is 1.18 bits per heavy atom. The Labute approximate surface area is 433 Å². The van der Waals surface area contributed by atoms with Crippen molar-refractivity contribution in [3.63, 3.8) is 0 Å². The maximum atomic E-state index is 15.1. The average Bonchev–Trinajstić information content (AvgIpc) is 1.29. The predicted octanol–water partition coefficient (Wildman–Crippen LogP) is 11.8. The van der Waals surface area contributed by atoms with Crippen LogP contribution in [0.3, 0.4) is 0 Å². The first kappa shape index (κ1) is 50.9. The molecule has 78 heavy (non-hydrogen) atoms. The van der Waals surface area contributed by atoms with Crippen LogP contribution in [-0.4, -0.2) is 74.6 Å². The second-order valence-corrected chi connectivity index (χ2v) is 14.4. The van der Waals surface area contributed by atoms with Gasteiger partial charge in [-0.05, 0) is 72.8 Å². The fraction of sp³-hybridized carbons (Fsp3) is 0.174. The van der Waals surface area contributed by atoms with Gasteiger partial charge in [-0.3, -0.25) is 14.4 Å². The summed E-state index contributed by atoms with van der Waals surface area (Å²) in [5.41, 5.74) is -7.61. The molecule has 0 aliphatic heterocycles. The van der Waals surface area contributed by atoms with E-state index >= 15 is 8.78 Å². The third-order valence-corrected chi connectivity index (χ3v) is 9.32. The molecule has 3 amide bonds. The van der Waals surface area contributed by atoms with Gasteiger partial charge in [0.2, 0.25) is 23.1 Å². The van der Waals surface area contributed by atoms with Crippen molar-refractivity contribution in [2.75, 3.05) is 38.9 Å². The number of esters is 1. The monoisotopic (exact) mass is 1140 g/mol. The van der Waals surface area contributed by atoms with Gasteiger partial charge in [0, 0.05) is 7.05 Å². The lowest BCUT2D eigenvalue weighted by atomic mass is 10.1. The zero-order chi connectivity index (χ0) is 63.2. The van der Waals surface area contributed by atoms with Crippen LogP contribution < -0.4 is 44.4 Å². The van der Waals surface area contributed by atoms with E-state index in [0.29, 0.717) is 36.4 Å². The molecule has 16 nitrogen and oxygen atoms in total. The lowest BCUT2D eigenvalue weighted by molar-refractivity contribution is -0.276. The highest BCUT2D eigenvalue weighted by molar-refractivity contribution is 6.07. The van der Waals surface area contributed by atoms with Gasteiger partial charge in [-0.2, -0.15) is 35.1 Å². The highest BCUT2D eigenvalue weighted by Gasteiger charge is 2.40. The number of ether oxygens (including phenoxy) is 7. The van der Waals surface area contributed by atoms with Crippen LogP contribution in [0, 0.1) is 23.3 Å². The van der Waals surface area contributed by atoms with Crippen LogP contribution in [0.5, 0.6) is 46.0 Å². The van der Waals surface area contributed by atoms with Gasteiger partial charge in [-0.1, -0.05) is 0 Å². The minimum absolute atomic E-state index is 0.119. The third kappa shape index (κ3) is 14.6. The Balaban J connectivity index is 0.000000307. The summed E-state index contributed by atoms with van der Waals surface area (Å²) in [6, 6.07) is 6.98. The van der Waals surface area contributed by atoms with E-state index in [0.717, 1.165) is 43.8 Å². The number of anilines is 2. The summed E-state index contributed by atoms with van der Waals surface area (Å²) in [5.74, 6) is -23.7. The van der Waals surface area contributed by atoms with Crippen molar-refractivity contribution >= 4 is 35.1 Å². The summed E-state index contributed by atoms with van der Waals surface area (Å²) in [4.78, 5) is 56.4. The number of hydrogen-bond acceptors (Lipinski definition) is 13. The largest absolute Gasteiger partial charge is 0.573 e. The molecular weight excluding hydrogens is 1100 g/mol. The van der Waals surface area contributed by atoms with Crippen LogP contribution in [0.4, 0.5) is 81.6 Å². The van der Waals surface area contributed by atoms with Crippen LogP contribution in [0.2, 0.25) is 0 Å². The summed E-state index contributed by atoms with van der Waals surface area (Å²) in [7, 11) is -4.66. The highest BCUT2D eigenvalue weighted by atomic mass is 19.4. The first-order valence-corrected chi connectivity index (χ1v) is 20.2. The lowest BCUT2D eigenvalue weighted by Crippen LogP contribution is -2.20. The molecule has 0 atom stereocenters. The van der Waals surface area contributed by atoms with E-state index in [4.69, 9.17) is 17.7 Å². The fourth-order valence-electron chi connectivity index (χ4n) is 5.99. The Bertz CT molecular complexity index is 3220. The second-order valence-electron chi connectivity index (χ2n) is 14.4. The molecule has 0 spiro atoms. The van der Waals surface area contributed by atoms with Crippen molar-refractivity contribution in [3.8, 4) is 46.0 Å². The normalized spacial score (nSPS) is 13.0. The predicted molar refractivity (Wildman–Crippen MR) is 231 cm³/mol. The zero-order valence-corrected chi connectivity index (χ0v) is 38.0. The average molecular weight is 1140 g/mol. The van der Waals surface area contributed by atoms with Gasteiger partial charge in [-0.15, -0.1) is 26.3 Å². The van der Waals surface area contributed by atoms with Crippen LogP contribution >= 0.6 is 0 Å². The molecule has 2 aromatic heterocycles. The van der Waals surface area contributed by atoms with E-state index < -0.39 is 154 Å². The molecule has 0 saturated heterocycles. The van der Waals surface area contributed by atoms with Crippen LogP contribution in [0.1, 0.15) is 61.0 Å². The van der Waals surface area contributed by atoms with Crippen LogP contribution in [-0.2, 0) is 17.1 Å². The molecule has 0 bridgehead atoms. The molecule has 0 fully saturated rings. The van der Waals surface area contributed by atoms with Crippen molar-refractivity contribution in [3.05, 3.63) is 142 Å². The van der Waals surface area contributed by atoms with E-state index in [-0.39, 0.29) is 34.9 Å². The molecule has 0 radical (unpaired) electrons. The van der Waals surface area contributed by atoms with Crippen molar-refractivity contribution in [2.24, 2.45) is 0 Å². The number of rotatable bonds is 14. The number of alkyl halides is 12. The first-order valence-electron chi connectivity index (χ1n) is 23.2. The molecule has 32 heteroatoms. The van der Waals surface area contributed by atoms with Crippen molar-refractivity contribution in [1.29, 1.82) is 0 Å². The summed E-state index contributed by atoms with van der Waals surface area (Å²) in [6.45, 7) is 0. The van der Waals surface area contributed by atoms with Gasteiger partial charge in [-0.25, -0.2) is 23.5 Å². The van der Waals surface area contributed by atoms with E-state index in [2.05, 4.69) is 39.0 Å². The number of carbonyl (C=O) groups excluding carboxylic acids is 4. The maximum absolute atomic E-state index is 15.1. The van der Waals surface area contributed by atoms with E-state index in [1.54, 1.807) is 0 Å². The number of hydrogen-bond donors (Lipinski definition) is 3. The number of nitrogens with zero attached hydrogens (tertiary/aromatic N) is 2. The molecular formula is C46H29F16N5O11. The van der Waals surface area contributed by atoms with Crippen molar-refractivity contribution in [2.45, 2.75) is 25.1 Å². The Morgan fingerprint density at radius 1 is 0.487 bits per heavy atom. The van der Waals surface area contributed by atoms with Gasteiger partial charge in [0.05, 0.1) is 64.3 Å². The molecule has 416 valence electrons. The third-order valence-electron chi connectivity index (χ3n) is 9.32. The Hall–Kier alpha value is -9.26.